The molecule has 346 valence electrons. The molecule has 4 heterocycles. The minimum Gasteiger partial charge on any atom is -0.494 e. The molecule has 67 heavy (non-hydrogen) atoms. The van der Waals surface area contributed by atoms with Crippen LogP contribution in [-0.2, 0) is 26.1 Å². The van der Waals surface area contributed by atoms with Crippen molar-refractivity contribution in [3.05, 3.63) is 168 Å². The molecule has 0 spiro atoms. The first-order chi connectivity index (χ1) is 32.1. The number of fused-ring (bicyclic) bond motifs is 1. The lowest BCUT2D eigenvalue weighted by molar-refractivity contribution is 0.00578. The van der Waals surface area contributed by atoms with Crippen molar-refractivity contribution in [3.8, 4) is 5.75 Å². The van der Waals surface area contributed by atoms with Crippen molar-refractivity contribution in [2.75, 3.05) is 32.1 Å². The van der Waals surface area contributed by atoms with E-state index in [4.69, 9.17) is 34.1 Å². The molecule has 0 aliphatic carbocycles. The highest BCUT2D eigenvalue weighted by atomic mass is 127. The third kappa shape index (κ3) is 10.3. The molecule has 0 radical (unpaired) electrons. The number of nitrogens with one attached hydrogen (secondary N) is 1. The van der Waals surface area contributed by atoms with Crippen LogP contribution in [0.2, 0.25) is 0 Å². The summed E-state index contributed by atoms with van der Waals surface area (Å²) in [4.78, 5) is 20.6. The fourth-order valence-corrected chi connectivity index (χ4v) is 8.77. The van der Waals surface area contributed by atoms with Gasteiger partial charge in [-0.1, -0.05) is 114 Å². The topological polar surface area (TPSA) is 131 Å². The van der Waals surface area contributed by atoms with Crippen LogP contribution in [-0.4, -0.2) is 91.4 Å². The van der Waals surface area contributed by atoms with Gasteiger partial charge in [0.15, 0.2) is 5.65 Å². The average molecular weight is 1010 g/mol. The van der Waals surface area contributed by atoms with E-state index in [0.29, 0.717) is 43.1 Å². The molecular formula is C52H58BIN8O5. The van der Waals surface area contributed by atoms with E-state index >= 15 is 0 Å². The monoisotopic (exact) mass is 1010 g/mol. The molecule has 1 aliphatic rings. The molecule has 15 heteroatoms. The van der Waals surface area contributed by atoms with Crippen molar-refractivity contribution in [3.63, 3.8) is 0 Å². The van der Waals surface area contributed by atoms with E-state index in [1.54, 1.807) is 11.1 Å². The number of aromatic nitrogens is 6. The van der Waals surface area contributed by atoms with Gasteiger partial charge in [-0.05, 0) is 118 Å². The second kappa shape index (κ2) is 19.7. The molecule has 0 saturated carbocycles. The Labute approximate surface area is 407 Å². The number of hydrogen-bond donors (Lipinski definition) is 1. The Bertz CT molecular complexity index is 2720. The van der Waals surface area contributed by atoms with E-state index in [2.05, 4.69) is 69.4 Å². The zero-order chi connectivity index (χ0) is 47.4. The van der Waals surface area contributed by atoms with Gasteiger partial charge in [0.25, 0.3) is 0 Å². The number of benzene rings is 4. The number of rotatable bonds is 16. The number of amides is 1. The normalized spacial score (nSPS) is 14.9. The Hall–Kier alpha value is -6.04. The summed E-state index contributed by atoms with van der Waals surface area (Å²) in [7, 11) is 1.38. The van der Waals surface area contributed by atoms with Crippen LogP contribution in [0.3, 0.4) is 0 Å². The Morgan fingerprint density at radius 1 is 0.866 bits per heavy atom. The van der Waals surface area contributed by atoms with E-state index in [0.717, 1.165) is 42.6 Å². The molecule has 1 fully saturated rings. The van der Waals surface area contributed by atoms with Gasteiger partial charge >= 0.3 is 13.2 Å². The molecule has 1 N–H and O–H groups in total. The molecule has 0 bridgehead atoms. The summed E-state index contributed by atoms with van der Waals surface area (Å²) in [5.74, 6) is 1.39. The highest BCUT2D eigenvalue weighted by Crippen LogP contribution is 2.43. The quantitative estimate of drug-likeness (QED) is 0.0432. The predicted molar refractivity (Wildman–Crippen MR) is 273 cm³/mol. The second-order valence-electron chi connectivity index (χ2n) is 18.7. The van der Waals surface area contributed by atoms with Crippen molar-refractivity contribution in [1.82, 2.24) is 34.7 Å². The number of ether oxygens (including phenoxy) is 2. The molecule has 8 rings (SSSR count). The van der Waals surface area contributed by atoms with Crippen LogP contribution in [0.1, 0.15) is 82.7 Å². The number of nitrogens with zero attached hydrogens (tertiary/aromatic N) is 7. The molecule has 4 aromatic carbocycles. The maximum absolute atomic E-state index is 13.7. The van der Waals surface area contributed by atoms with E-state index in [1.165, 1.54) is 0 Å². The van der Waals surface area contributed by atoms with Crippen molar-refractivity contribution < 1.29 is 23.6 Å². The first kappa shape index (κ1) is 47.5. The minimum atomic E-state index is -0.916. The van der Waals surface area contributed by atoms with Gasteiger partial charge in [0.05, 0.1) is 24.4 Å². The van der Waals surface area contributed by atoms with E-state index in [9.17, 15) is 4.79 Å². The first-order valence-corrected chi connectivity index (χ1v) is 23.7. The van der Waals surface area contributed by atoms with E-state index in [1.807, 2.05) is 162 Å². The number of pyridine rings is 1. The maximum Gasteiger partial charge on any atom is 0.498 e. The largest absolute Gasteiger partial charge is 0.498 e. The standard InChI is InChI=1S/C52H58BIN8O5/c1-49(2,3)65-48(63)60(29-19-31-64-42-27-18-20-37(32-42)35-61-36-41(34-56-61)53-66-50(4,5)51(6,7)67-53)30-28-44(54)43-33-45(55-8)57-47-46(43)58-59-62(47)52(38-21-12-9-13-22-38,39-23-14-10-15-24-39)40-25-16-11-17-26-40/h9-18,20-28,32-34,36H,19,29-31,35H2,1-8H3,(H,55,57)/b44-28-. The molecule has 3 aromatic heterocycles. The Morgan fingerprint density at radius 2 is 1.48 bits per heavy atom. The van der Waals surface area contributed by atoms with Gasteiger partial charge in [-0.15, -0.1) is 5.10 Å². The zero-order valence-electron chi connectivity index (χ0n) is 39.4. The fourth-order valence-electron chi connectivity index (χ4n) is 8.16. The minimum absolute atomic E-state index is 0.287. The van der Waals surface area contributed by atoms with Gasteiger partial charge in [0, 0.05) is 47.1 Å². The Kier molecular flexibility index (Phi) is 13.9. The lowest BCUT2D eigenvalue weighted by Gasteiger charge is -2.36. The van der Waals surface area contributed by atoms with Gasteiger partial charge < -0.3 is 29.0 Å². The van der Waals surface area contributed by atoms with Crippen molar-refractivity contribution in [1.29, 1.82) is 0 Å². The number of hydrogen-bond acceptors (Lipinski definition) is 10. The fraction of sp³-hybridized carbons (Fsp3) is 0.327. The maximum atomic E-state index is 13.7. The van der Waals surface area contributed by atoms with Crippen LogP contribution in [0, 0.1) is 0 Å². The van der Waals surface area contributed by atoms with Crippen LogP contribution < -0.4 is 15.5 Å². The number of anilines is 1. The number of carbonyl (C=O) groups excluding carboxylic acids is 1. The van der Waals surface area contributed by atoms with Gasteiger partial charge in [0.1, 0.15) is 28.2 Å². The molecule has 1 amide bonds. The highest BCUT2D eigenvalue weighted by molar-refractivity contribution is 14.1. The molecular weight excluding hydrogens is 954 g/mol. The van der Waals surface area contributed by atoms with Gasteiger partial charge in [-0.2, -0.15) is 5.10 Å². The Morgan fingerprint density at radius 3 is 2.06 bits per heavy atom. The molecule has 0 atom stereocenters. The van der Waals surface area contributed by atoms with E-state index in [-0.39, 0.29) is 6.54 Å². The van der Waals surface area contributed by atoms with Crippen molar-refractivity contribution in [2.24, 2.45) is 0 Å². The summed E-state index contributed by atoms with van der Waals surface area (Å²) >= 11 is 2.32. The van der Waals surface area contributed by atoms with Crippen LogP contribution in [0.25, 0.3) is 14.7 Å². The Balaban J connectivity index is 1.01. The lowest BCUT2D eigenvalue weighted by Crippen LogP contribution is -2.41. The highest BCUT2D eigenvalue weighted by Gasteiger charge is 2.52. The SMILES string of the molecule is CNc1cc(/C(I)=C/CN(CCCOc2cccc(Cn3cc(B4OC(C)(C)C(C)(C)O4)cn3)c2)C(=O)OC(C)(C)C)c2nnn(C(c3ccccc3)(c3ccccc3)c3ccccc3)c2n1. The van der Waals surface area contributed by atoms with Crippen LogP contribution in [0.4, 0.5) is 10.6 Å². The summed E-state index contributed by atoms with van der Waals surface area (Å²) in [5.41, 5.74) is 4.55. The van der Waals surface area contributed by atoms with Crippen LogP contribution in [0.15, 0.2) is 140 Å². The first-order valence-electron chi connectivity index (χ1n) is 22.6. The second-order valence-corrected chi connectivity index (χ2v) is 19.8. The molecule has 1 aliphatic heterocycles. The van der Waals surface area contributed by atoms with Crippen LogP contribution in [0.5, 0.6) is 5.75 Å². The molecule has 0 unspecified atom stereocenters. The number of carbonyl (C=O) groups is 1. The summed E-state index contributed by atoms with van der Waals surface area (Å²) in [6.45, 7) is 15.4. The molecule has 13 nitrogen and oxygen atoms in total. The summed E-state index contributed by atoms with van der Waals surface area (Å²) < 4.78 is 29.3. The van der Waals surface area contributed by atoms with Gasteiger partial charge in [0.2, 0.25) is 0 Å². The molecule has 1 saturated heterocycles. The summed E-state index contributed by atoms with van der Waals surface area (Å²) in [6.07, 6.45) is 5.95. The lowest BCUT2D eigenvalue weighted by atomic mass is 9.77. The van der Waals surface area contributed by atoms with Gasteiger partial charge in [-0.25, -0.2) is 14.5 Å². The van der Waals surface area contributed by atoms with Crippen LogP contribution >= 0.6 is 22.6 Å². The predicted octanol–water partition coefficient (Wildman–Crippen LogP) is 9.73. The average Bonchev–Trinajstić information content (AvgIpc) is 4.02. The molecule has 7 aromatic rings. The third-order valence-electron chi connectivity index (χ3n) is 12.2. The smallest absolute Gasteiger partial charge is 0.494 e. The zero-order valence-corrected chi connectivity index (χ0v) is 41.6. The van der Waals surface area contributed by atoms with Gasteiger partial charge in [-0.3, -0.25) is 4.68 Å². The number of halogens is 1. The third-order valence-corrected chi connectivity index (χ3v) is 13.2. The summed E-state index contributed by atoms with van der Waals surface area (Å²) in [6, 6.07) is 41.0. The van der Waals surface area contributed by atoms with Crippen molar-refractivity contribution >= 4 is 61.8 Å². The van der Waals surface area contributed by atoms with Crippen molar-refractivity contribution in [2.45, 2.75) is 83.8 Å². The van der Waals surface area contributed by atoms with E-state index < -0.39 is 35.6 Å². The summed E-state index contributed by atoms with van der Waals surface area (Å²) in [5, 5.41) is 17.6.